The van der Waals surface area contributed by atoms with Gasteiger partial charge >= 0.3 is 5.97 Å². The van der Waals surface area contributed by atoms with Crippen molar-refractivity contribution < 1.29 is 14.3 Å². The van der Waals surface area contributed by atoms with E-state index >= 15 is 0 Å². The van der Waals surface area contributed by atoms with E-state index in [1.807, 2.05) is 47.2 Å². The molecule has 1 amide bonds. The minimum Gasteiger partial charge on any atom is -0.452 e. The van der Waals surface area contributed by atoms with Crippen molar-refractivity contribution >= 4 is 34.8 Å². The molecule has 0 saturated heterocycles. The van der Waals surface area contributed by atoms with Gasteiger partial charge < -0.3 is 9.64 Å². The molecule has 146 valence electrons. The van der Waals surface area contributed by atoms with E-state index in [1.54, 1.807) is 30.0 Å². The van der Waals surface area contributed by atoms with Crippen LogP contribution in [0, 0.1) is 6.92 Å². The molecule has 2 aromatic heterocycles. The molecule has 0 aliphatic heterocycles. The summed E-state index contributed by atoms with van der Waals surface area (Å²) in [5, 5.41) is 8.45. The summed E-state index contributed by atoms with van der Waals surface area (Å²) in [4.78, 5) is 26.2. The third-order valence-electron chi connectivity index (χ3n) is 4.20. The van der Waals surface area contributed by atoms with Crippen LogP contribution in [0.1, 0.15) is 27.2 Å². The Hall–Kier alpha value is -2.64. The van der Waals surface area contributed by atoms with Gasteiger partial charge in [-0.05, 0) is 34.9 Å². The van der Waals surface area contributed by atoms with Gasteiger partial charge in [-0.3, -0.25) is 4.79 Å². The number of halogens is 1. The lowest BCUT2D eigenvalue weighted by Gasteiger charge is -2.16. The highest BCUT2D eigenvalue weighted by Gasteiger charge is 2.23. The average molecular weight is 418 g/mol. The Balaban J connectivity index is 1.61. The predicted octanol–water partition coefficient (Wildman–Crippen LogP) is 3.77. The number of nitrogens with zero attached hydrogens (tertiary/aromatic N) is 3. The van der Waals surface area contributed by atoms with Gasteiger partial charge in [-0.25, -0.2) is 9.48 Å². The van der Waals surface area contributed by atoms with Crippen LogP contribution in [0.25, 0.3) is 0 Å². The maximum Gasteiger partial charge on any atom is 0.343 e. The highest BCUT2D eigenvalue weighted by atomic mass is 35.5. The van der Waals surface area contributed by atoms with Crippen molar-refractivity contribution in [1.82, 2.24) is 14.7 Å². The number of rotatable bonds is 7. The van der Waals surface area contributed by atoms with Crippen molar-refractivity contribution in [3.8, 4) is 0 Å². The van der Waals surface area contributed by atoms with Crippen molar-refractivity contribution in [2.75, 3.05) is 13.7 Å². The summed E-state index contributed by atoms with van der Waals surface area (Å²) in [7, 11) is 1.67. The predicted molar refractivity (Wildman–Crippen MR) is 109 cm³/mol. The number of benzene rings is 1. The topological polar surface area (TPSA) is 64.4 Å². The molecule has 0 aliphatic rings. The molecule has 0 saturated carbocycles. The number of hydrogen-bond donors (Lipinski definition) is 0. The number of aryl methyl sites for hydroxylation is 1. The molecule has 6 nitrogen and oxygen atoms in total. The van der Waals surface area contributed by atoms with Crippen LogP contribution in [0.4, 0.5) is 0 Å². The molecule has 0 bridgehead atoms. The molecule has 3 rings (SSSR count). The van der Waals surface area contributed by atoms with E-state index in [2.05, 4.69) is 5.10 Å². The molecule has 3 aromatic rings. The van der Waals surface area contributed by atoms with Gasteiger partial charge in [-0.15, -0.1) is 0 Å². The number of ether oxygens (including phenoxy) is 1. The summed E-state index contributed by atoms with van der Waals surface area (Å²) in [5.74, 6) is -0.941. The third kappa shape index (κ3) is 4.79. The maximum absolute atomic E-state index is 12.5. The molecule has 0 aliphatic carbocycles. The molecule has 0 N–H and O–H groups in total. The van der Waals surface area contributed by atoms with Gasteiger partial charge in [0.1, 0.15) is 10.7 Å². The molecule has 1 aromatic carbocycles. The second kappa shape index (κ2) is 9.03. The van der Waals surface area contributed by atoms with Crippen LogP contribution >= 0.6 is 22.9 Å². The fourth-order valence-corrected chi connectivity index (χ4v) is 3.67. The minimum atomic E-state index is -0.654. The summed E-state index contributed by atoms with van der Waals surface area (Å²) >= 11 is 7.92. The normalized spacial score (nSPS) is 10.7. The van der Waals surface area contributed by atoms with Gasteiger partial charge in [0, 0.05) is 13.6 Å². The zero-order valence-corrected chi connectivity index (χ0v) is 17.2. The van der Waals surface area contributed by atoms with Crippen molar-refractivity contribution in [3.05, 3.63) is 74.7 Å². The van der Waals surface area contributed by atoms with Crippen LogP contribution in [0.3, 0.4) is 0 Å². The standard InChI is InChI=1S/C20H20ClN3O3S/c1-14-18(19(21)24(22-14)11-15-6-4-3-5-7-15)20(26)27-12-17(25)23(2)10-16-8-9-28-13-16/h3-9,13H,10-12H2,1-2H3. The van der Waals surface area contributed by atoms with Crippen LogP contribution in [-0.4, -0.2) is 40.2 Å². The Morgan fingerprint density at radius 1 is 1.21 bits per heavy atom. The Kier molecular flexibility index (Phi) is 6.49. The molecule has 0 atom stereocenters. The Morgan fingerprint density at radius 2 is 1.96 bits per heavy atom. The SMILES string of the molecule is Cc1nn(Cc2ccccc2)c(Cl)c1C(=O)OCC(=O)N(C)Cc1ccsc1. The van der Waals surface area contributed by atoms with E-state index in [1.165, 1.54) is 4.90 Å². The third-order valence-corrected chi connectivity index (χ3v) is 5.31. The van der Waals surface area contributed by atoms with Gasteiger partial charge in [0.2, 0.25) is 0 Å². The smallest absolute Gasteiger partial charge is 0.343 e. The zero-order valence-electron chi connectivity index (χ0n) is 15.6. The van der Waals surface area contributed by atoms with E-state index in [0.717, 1.165) is 11.1 Å². The molecular formula is C20H20ClN3O3S. The molecule has 0 fully saturated rings. The number of carbonyl (C=O) groups is 2. The highest BCUT2D eigenvalue weighted by Crippen LogP contribution is 2.22. The van der Waals surface area contributed by atoms with E-state index < -0.39 is 5.97 Å². The average Bonchev–Trinajstić information content (AvgIpc) is 3.28. The number of likely N-dealkylation sites (N-methyl/N-ethyl adjacent to an activating group) is 1. The fourth-order valence-electron chi connectivity index (χ4n) is 2.70. The lowest BCUT2D eigenvalue weighted by Crippen LogP contribution is -2.30. The van der Waals surface area contributed by atoms with Gasteiger partial charge in [0.05, 0.1) is 12.2 Å². The Labute approximate surface area is 172 Å². The second-order valence-corrected chi connectivity index (χ2v) is 7.49. The first-order chi connectivity index (χ1) is 13.5. The monoisotopic (exact) mass is 417 g/mol. The van der Waals surface area contributed by atoms with Crippen molar-refractivity contribution in [2.45, 2.75) is 20.0 Å². The quantitative estimate of drug-likeness (QED) is 0.549. The molecule has 0 radical (unpaired) electrons. The molecule has 0 unspecified atom stereocenters. The molecule has 2 heterocycles. The number of amides is 1. The minimum absolute atomic E-state index is 0.186. The van der Waals surface area contributed by atoms with Gasteiger partial charge in [-0.1, -0.05) is 41.9 Å². The van der Waals surface area contributed by atoms with Gasteiger partial charge in [-0.2, -0.15) is 16.4 Å². The van der Waals surface area contributed by atoms with E-state index in [-0.39, 0.29) is 23.2 Å². The largest absolute Gasteiger partial charge is 0.452 e. The maximum atomic E-state index is 12.5. The number of hydrogen-bond acceptors (Lipinski definition) is 5. The van der Waals surface area contributed by atoms with E-state index in [4.69, 9.17) is 16.3 Å². The highest BCUT2D eigenvalue weighted by molar-refractivity contribution is 7.07. The summed E-state index contributed by atoms with van der Waals surface area (Å²) < 4.78 is 6.74. The van der Waals surface area contributed by atoms with Gasteiger partial charge in [0.25, 0.3) is 5.91 Å². The van der Waals surface area contributed by atoms with Crippen LogP contribution in [-0.2, 0) is 22.6 Å². The van der Waals surface area contributed by atoms with Crippen LogP contribution in [0.5, 0.6) is 0 Å². The summed E-state index contributed by atoms with van der Waals surface area (Å²) in [5.41, 5.74) is 2.70. The molecule has 0 spiro atoms. The number of aromatic nitrogens is 2. The first-order valence-corrected chi connectivity index (χ1v) is 9.96. The summed E-state index contributed by atoms with van der Waals surface area (Å²) in [6.45, 7) is 2.25. The van der Waals surface area contributed by atoms with Crippen molar-refractivity contribution in [1.29, 1.82) is 0 Å². The zero-order chi connectivity index (χ0) is 20.1. The lowest BCUT2D eigenvalue weighted by atomic mass is 10.2. The van der Waals surface area contributed by atoms with Crippen molar-refractivity contribution in [2.24, 2.45) is 0 Å². The lowest BCUT2D eigenvalue weighted by molar-refractivity contribution is -0.133. The second-order valence-electron chi connectivity index (χ2n) is 6.35. The molecular weight excluding hydrogens is 398 g/mol. The Bertz CT molecular complexity index is 955. The number of esters is 1. The molecule has 8 heteroatoms. The summed E-state index contributed by atoms with van der Waals surface area (Å²) in [6, 6.07) is 11.6. The summed E-state index contributed by atoms with van der Waals surface area (Å²) in [6.07, 6.45) is 0. The van der Waals surface area contributed by atoms with Crippen LogP contribution in [0.15, 0.2) is 47.2 Å². The molecule has 28 heavy (non-hydrogen) atoms. The van der Waals surface area contributed by atoms with Gasteiger partial charge in [0.15, 0.2) is 6.61 Å². The Morgan fingerprint density at radius 3 is 2.64 bits per heavy atom. The number of carbonyl (C=O) groups excluding carboxylic acids is 2. The van der Waals surface area contributed by atoms with E-state index in [0.29, 0.717) is 18.8 Å². The fraction of sp³-hybridized carbons (Fsp3) is 0.250. The van der Waals surface area contributed by atoms with Crippen LogP contribution < -0.4 is 0 Å². The van der Waals surface area contributed by atoms with Crippen molar-refractivity contribution in [3.63, 3.8) is 0 Å². The first kappa shape index (κ1) is 20.1. The first-order valence-electron chi connectivity index (χ1n) is 8.64. The number of thiophene rings is 1. The van der Waals surface area contributed by atoms with E-state index in [9.17, 15) is 9.59 Å². The van der Waals surface area contributed by atoms with Crippen LogP contribution in [0.2, 0.25) is 5.15 Å².